The fourth-order valence-corrected chi connectivity index (χ4v) is 27.4. The van der Waals surface area contributed by atoms with Crippen LogP contribution in [0.25, 0.3) is 0 Å². The molecule has 0 spiro atoms. The minimum atomic E-state index is -3.80. The van der Waals surface area contributed by atoms with E-state index in [0.29, 0.717) is 106 Å². The molecule has 15 N–H and O–H groups in total. The molecule has 2 atom stereocenters. The SMILES string of the molecule is CCC(=O)CCc1cc(I)c(Oc2ccc(O)cc2)c(I)c1.CCNC(=O)Cc1cc(I)c(Oc2ccc(O)cc2)c(I)c1.COc1ccc(S(=O)(=O)N[C@H](CO)Cc2cc(I)c(Oc3ccc(O)cc3)c(I)c2)cc1.CS(=O)(=O)NC(=O)Cc1cc(I)c(Oc2ccc(O)c(I)c2)c(I)c1.NCc1cc(I)c(Oc2ccc(O)cc2)c(I)c1.N[C@H](CO)Cc1cc(I)c(Oc2ccc(O)c(I)c2)c(I)c1. The van der Waals surface area contributed by atoms with Gasteiger partial charge in [-0.25, -0.2) is 21.6 Å². The Bertz CT molecular complexity index is 6580. The number of carbonyl (C=O) groups is 3. The number of Topliss-reactive ketones (excluding diaryl/α,β-unsaturated/α-hetero) is 1. The summed E-state index contributed by atoms with van der Waals surface area (Å²) >= 11 is 30.4. The molecule has 0 aliphatic carbocycles. The second-order valence-corrected chi connectivity index (χ2v) is 49.6. The van der Waals surface area contributed by atoms with Crippen LogP contribution in [0.5, 0.6) is 109 Å². The van der Waals surface area contributed by atoms with E-state index in [1.165, 1.54) is 19.2 Å². The standard InChI is InChI=1S/C22H21I2NO6S.C17H16I2O3.C16H15I2NO3.C15H12I3NO5S.C15H14I3NO3.C13H11I2NO2/c1-30-17-6-8-19(9-7-17)32(28,29)25-15(13-26)10-14-11-20(23)22(21(24)12-14)31-18-4-2-16(27)3-5-18;1-2-12(20)4-3-11-9-15(18)17(16(19)10-11)22-14-7-5-13(21)6-8-14;1-2-19-15(21)9-10-7-13(17)16(14(18)8-10)22-12-5-3-11(20)4-6-12;1-25(22,23)19-14(21)6-8-4-11(17)15(12(18)5-8)24-9-2-3-13(20)10(16)7-9;16-11-6-10(1-2-14(11)21)22-15-12(17)4-8(5-13(15)18)3-9(19)7-20;14-11-5-8(7-16)6-12(15)13(11)18-10-3-1-9(17)2-4-10/h2-9,11-12,15,25-27H,10,13H2,1H3;5-10,21H,2-4H2,1H3;3-8,20H,2,9H2,1H3,(H,19,21);2-5,7,20H,6H2,1H3,(H,19,21);1-2,4-6,9,20-21H,3,7,19H2;1-6,17H,7,16H2/t15-;;;;9-;/m0...0./s1. The molecule has 0 fully saturated rings. The number of ether oxygens (including phenoxy) is 7. The number of phenols is 6. The normalized spacial score (nSPS) is 11.3. The summed E-state index contributed by atoms with van der Waals surface area (Å²) in [6.45, 7) is 4.57. The number of amides is 2. The van der Waals surface area contributed by atoms with Crippen LogP contribution in [0.15, 0.2) is 235 Å². The van der Waals surface area contributed by atoms with Gasteiger partial charge in [-0.2, -0.15) is 0 Å². The van der Waals surface area contributed by atoms with Gasteiger partial charge in [-0.1, -0.05) is 6.92 Å². The summed E-state index contributed by atoms with van der Waals surface area (Å²) in [5.74, 6) is 9.85. The van der Waals surface area contributed by atoms with Crippen molar-refractivity contribution < 1.29 is 105 Å². The molecule has 0 heterocycles. The zero-order valence-corrected chi connectivity index (χ0v) is 106. The van der Waals surface area contributed by atoms with Gasteiger partial charge in [0.15, 0.2) is 34.5 Å². The Morgan fingerprint density at radius 1 is 0.362 bits per heavy atom. The van der Waals surface area contributed by atoms with Crippen LogP contribution in [0, 0.1) is 50.0 Å². The zero-order chi connectivity index (χ0) is 104. The summed E-state index contributed by atoms with van der Waals surface area (Å²) in [5.41, 5.74) is 17.2. The minimum absolute atomic E-state index is 0.0151. The molecule has 748 valence electrons. The Morgan fingerprint density at radius 2 is 0.652 bits per heavy atom. The summed E-state index contributed by atoms with van der Waals surface area (Å²) in [6.07, 6.45) is 4.12. The summed E-state index contributed by atoms with van der Waals surface area (Å²) < 4.78 is 105. The number of likely N-dealkylation sites (N-methyl/N-ethyl adjacent to an activating group) is 1. The van der Waals surface area contributed by atoms with Crippen molar-refractivity contribution in [2.45, 2.75) is 82.3 Å². The Hall–Kier alpha value is -4.21. The minimum Gasteiger partial charge on any atom is -0.508 e. The number of rotatable bonds is 33. The largest absolute Gasteiger partial charge is 0.508 e. The predicted octanol–water partition coefficient (Wildman–Crippen LogP) is 25.0. The van der Waals surface area contributed by atoms with Crippen molar-refractivity contribution in [3.05, 3.63) is 314 Å². The van der Waals surface area contributed by atoms with E-state index in [-0.39, 0.29) is 76.8 Å². The summed E-state index contributed by atoms with van der Waals surface area (Å²) in [4.78, 5) is 35.0. The molecule has 0 unspecified atom stereocenters. The number of hydrogen-bond acceptors (Lipinski definition) is 24. The Kier molecular flexibility index (Phi) is 52.4. The van der Waals surface area contributed by atoms with E-state index in [2.05, 4.69) is 316 Å². The maximum Gasteiger partial charge on any atom is 0.240 e. The topological polar surface area (TPSA) is 434 Å². The first-order chi connectivity index (χ1) is 66.7. The molecule has 0 saturated carbocycles. The van der Waals surface area contributed by atoms with Gasteiger partial charge in [0.2, 0.25) is 31.9 Å². The molecule has 13 aromatic carbocycles. The van der Waals surface area contributed by atoms with Crippen molar-refractivity contribution in [2.24, 2.45) is 11.5 Å². The van der Waals surface area contributed by atoms with Gasteiger partial charge < -0.3 is 90.8 Å². The van der Waals surface area contributed by atoms with Gasteiger partial charge in [0.05, 0.1) is 94.3 Å². The molecule has 0 radical (unpaired) electrons. The maximum atomic E-state index is 12.7. The highest BCUT2D eigenvalue weighted by Crippen LogP contribution is 2.42. The lowest BCUT2D eigenvalue weighted by Gasteiger charge is -2.18. The number of nitrogens with one attached hydrogen (secondary N) is 3. The van der Waals surface area contributed by atoms with E-state index in [1.54, 1.807) is 158 Å². The fraction of sp³-hybridized carbons (Fsp3) is 0.173. The fourth-order valence-electron chi connectivity index (χ4n) is 12.0. The average molecular weight is 3530 g/mol. The van der Waals surface area contributed by atoms with Crippen LogP contribution in [0.4, 0.5) is 0 Å². The molecular weight excluding hydrogens is 3440 g/mol. The molecule has 141 heavy (non-hydrogen) atoms. The summed E-state index contributed by atoms with van der Waals surface area (Å²) in [5, 5.41) is 78.0. The second-order valence-electron chi connectivity index (χ2n) is 29.9. The summed E-state index contributed by atoms with van der Waals surface area (Å²) in [7, 11) is -5.87. The van der Waals surface area contributed by atoms with Crippen molar-refractivity contribution in [1.29, 1.82) is 0 Å². The van der Waals surface area contributed by atoms with Crippen molar-refractivity contribution in [3.8, 4) is 109 Å². The van der Waals surface area contributed by atoms with Gasteiger partial charge in [-0.3, -0.25) is 19.1 Å². The number of halogens is 14. The molecule has 0 aliphatic rings. The lowest BCUT2D eigenvalue weighted by Crippen LogP contribution is -2.39. The van der Waals surface area contributed by atoms with Crippen LogP contribution >= 0.6 is 316 Å². The highest BCUT2D eigenvalue weighted by atomic mass is 127. The zero-order valence-electron chi connectivity index (χ0n) is 74.4. The lowest BCUT2D eigenvalue weighted by atomic mass is 10.1. The number of phenolic OH excluding ortho intramolecular Hbond substituents is 6. The van der Waals surface area contributed by atoms with E-state index in [9.17, 15) is 67.0 Å². The number of aliphatic hydroxyl groups is 2. The lowest BCUT2D eigenvalue weighted by molar-refractivity contribution is -0.120. The van der Waals surface area contributed by atoms with Crippen LogP contribution in [0.3, 0.4) is 0 Å². The molecule has 13 rings (SSSR count). The van der Waals surface area contributed by atoms with Gasteiger partial charge in [0, 0.05) is 38.0 Å². The van der Waals surface area contributed by atoms with Crippen LogP contribution in [0.1, 0.15) is 60.1 Å². The number of aromatic hydroxyl groups is 6. The van der Waals surface area contributed by atoms with Crippen molar-refractivity contribution in [1.82, 2.24) is 14.8 Å². The van der Waals surface area contributed by atoms with Gasteiger partial charge in [-0.15, -0.1) is 0 Å². The number of benzene rings is 13. The van der Waals surface area contributed by atoms with E-state index in [1.807, 2.05) is 89.7 Å². The Labute approximate surface area is 1010 Å². The molecule has 0 bridgehead atoms. The van der Waals surface area contributed by atoms with Crippen LogP contribution in [-0.4, -0.2) is 120 Å². The highest BCUT2D eigenvalue weighted by molar-refractivity contribution is 14.1. The molecule has 0 aromatic heterocycles. The van der Waals surface area contributed by atoms with Crippen molar-refractivity contribution in [3.63, 3.8) is 0 Å². The monoisotopic (exact) mass is 3530 g/mol. The highest BCUT2D eigenvalue weighted by Gasteiger charge is 2.24. The molecule has 27 nitrogen and oxygen atoms in total. The number of ketones is 1. The number of carbonyl (C=O) groups excluding carboxylic acids is 3. The number of sulfonamides is 2. The smallest absolute Gasteiger partial charge is 0.240 e. The number of methoxy groups -OCH3 is 1. The first kappa shape index (κ1) is 122. The maximum absolute atomic E-state index is 12.7. The predicted molar refractivity (Wildman–Crippen MR) is 663 cm³/mol. The molecule has 2 amide bonds. The molecule has 43 heteroatoms. The third kappa shape index (κ3) is 41.6. The van der Waals surface area contributed by atoms with Gasteiger partial charge in [-0.05, 0) is 606 Å². The molecule has 0 saturated heterocycles. The number of nitrogens with two attached hydrogens (primary N) is 2. The van der Waals surface area contributed by atoms with Crippen molar-refractivity contribution >= 4 is 354 Å². The summed E-state index contributed by atoms with van der Waals surface area (Å²) in [6, 6.07) is 64.9. The van der Waals surface area contributed by atoms with E-state index in [4.69, 9.17) is 49.7 Å². The van der Waals surface area contributed by atoms with E-state index in [0.717, 1.165) is 110 Å². The molecule has 13 aromatic rings. The quantitative estimate of drug-likeness (QED) is 0.0170. The third-order valence-corrected chi connectivity index (χ3v) is 32.2. The van der Waals surface area contributed by atoms with E-state index < -0.39 is 32.0 Å². The number of hydrogen-bond donors (Lipinski definition) is 13. The van der Waals surface area contributed by atoms with Gasteiger partial charge in [0.25, 0.3) is 0 Å². The van der Waals surface area contributed by atoms with Crippen LogP contribution in [0.2, 0.25) is 0 Å². The van der Waals surface area contributed by atoms with Gasteiger partial charge in [0.1, 0.15) is 80.5 Å². The van der Waals surface area contributed by atoms with E-state index >= 15 is 0 Å². The first-order valence-electron chi connectivity index (χ1n) is 41.5. The first-order valence-corrected chi connectivity index (χ1v) is 59.9. The Balaban J connectivity index is 0.000000209. The van der Waals surface area contributed by atoms with Gasteiger partial charge >= 0.3 is 0 Å². The number of aliphatic hydroxyl groups excluding tert-OH is 2. The Morgan fingerprint density at radius 3 is 0.943 bits per heavy atom. The average Bonchev–Trinajstić information content (AvgIpc) is 0.808. The van der Waals surface area contributed by atoms with Crippen LogP contribution in [-0.2, 0) is 73.1 Å². The molecular formula is C98H89I14N5O22S2. The second kappa shape index (κ2) is 60.6. The third-order valence-electron chi connectivity index (χ3n) is 18.7. The van der Waals surface area contributed by atoms with Crippen molar-refractivity contribution in [2.75, 3.05) is 33.1 Å². The molecule has 0 aliphatic heterocycles. The van der Waals surface area contributed by atoms with Crippen LogP contribution < -0.4 is 59.4 Å². The number of aryl methyl sites for hydroxylation is 1.